The molecule has 4 heteroatoms. The van der Waals surface area contributed by atoms with Crippen LogP contribution in [0.2, 0.25) is 0 Å². The zero-order valence-corrected chi connectivity index (χ0v) is 11.5. The second kappa shape index (κ2) is 5.84. The molecule has 0 spiro atoms. The Balaban J connectivity index is 2.28. The molecule has 0 aliphatic rings. The quantitative estimate of drug-likeness (QED) is 0.899. The first-order valence-corrected chi connectivity index (χ1v) is 6.41. The summed E-state index contributed by atoms with van der Waals surface area (Å²) < 4.78 is 13.8. The van der Waals surface area contributed by atoms with Gasteiger partial charge in [0.15, 0.2) is 0 Å². The Bertz CT molecular complexity index is 638. The van der Waals surface area contributed by atoms with Crippen LogP contribution in [0.3, 0.4) is 0 Å². The van der Waals surface area contributed by atoms with E-state index in [2.05, 4.69) is 5.32 Å². The molecule has 3 nitrogen and oxygen atoms in total. The highest BCUT2D eigenvalue weighted by atomic mass is 19.1. The first-order valence-electron chi connectivity index (χ1n) is 6.41. The largest absolute Gasteiger partial charge is 0.324 e. The van der Waals surface area contributed by atoms with Gasteiger partial charge in [-0.25, -0.2) is 4.39 Å². The normalized spacial score (nSPS) is 12.0. The Hall–Kier alpha value is -2.20. The molecule has 2 aromatic rings. The molecule has 0 aromatic heterocycles. The summed E-state index contributed by atoms with van der Waals surface area (Å²) in [6.07, 6.45) is 0. The molecule has 0 aliphatic carbocycles. The molecule has 2 rings (SSSR count). The highest BCUT2D eigenvalue weighted by Gasteiger charge is 2.14. The van der Waals surface area contributed by atoms with Gasteiger partial charge in [-0.2, -0.15) is 0 Å². The van der Waals surface area contributed by atoms with E-state index in [4.69, 9.17) is 5.73 Å². The number of nitrogens with one attached hydrogen (secondary N) is 1. The number of hydrogen-bond donors (Lipinski definition) is 2. The molecule has 0 radical (unpaired) electrons. The molecular formula is C16H17FN2O. The molecule has 0 aliphatic heterocycles. The lowest BCUT2D eigenvalue weighted by atomic mass is 10.1. The van der Waals surface area contributed by atoms with Crippen LogP contribution in [0.5, 0.6) is 0 Å². The van der Waals surface area contributed by atoms with Gasteiger partial charge in [-0.05, 0) is 43.2 Å². The summed E-state index contributed by atoms with van der Waals surface area (Å²) in [5.41, 5.74) is 8.07. The first-order chi connectivity index (χ1) is 9.49. The molecule has 0 saturated carbocycles. The molecule has 20 heavy (non-hydrogen) atoms. The lowest BCUT2D eigenvalue weighted by molar-refractivity contribution is 0.102. The van der Waals surface area contributed by atoms with Gasteiger partial charge in [0, 0.05) is 11.7 Å². The van der Waals surface area contributed by atoms with Gasteiger partial charge in [-0.1, -0.05) is 24.3 Å². The van der Waals surface area contributed by atoms with Crippen molar-refractivity contribution >= 4 is 11.6 Å². The fourth-order valence-corrected chi connectivity index (χ4v) is 2.00. The molecule has 1 unspecified atom stereocenters. The Kier molecular flexibility index (Phi) is 4.15. The molecule has 0 heterocycles. The smallest absolute Gasteiger partial charge is 0.258 e. The fourth-order valence-electron chi connectivity index (χ4n) is 2.00. The molecule has 2 aromatic carbocycles. The van der Waals surface area contributed by atoms with E-state index in [0.29, 0.717) is 5.69 Å². The fraction of sp³-hybridized carbons (Fsp3) is 0.188. The number of amides is 1. The maximum absolute atomic E-state index is 13.8. The molecule has 0 saturated heterocycles. The third kappa shape index (κ3) is 3.03. The van der Waals surface area contributed by atoms with Crippen LogP contribution in [-0.2, 0) is 0 Å². The zero-order chi connectivity index (χ0) is 14.7. The van der Waals surface area contributed by atoms with Crippen molar-refractivity contribution in [3.63, 3.8) is 0 Å². The van der Waals surface area contributed by atoms with Crippen LogP contribution in [-0.4, -0.2) is 5.91 Å². The predicted octanol–water partition coefficient (Wildman–Crippen LogP) is 3.41. The number of hydrogen-bond acceptors (Lipinski definition) is 2. The molecule has 3 N–H and O–H groups in total. The summed E-state index contributed by atoms with van der Waals surface area (Å²) in [6.45, 7) is 3.60. The van der Waals surface area contributed by atoms with Gasteiger partial charge in [-0.3, -0.25) is 4.79 Å². The summed E-state index contributed by atoms with van der Waals surface area (Å²) in [4.78, 5) is 12.1. The lowest BCUT2D eigenvalue weighted by Crippen LogP contribution is -2.17. The molecule has 104 valence electrons. The Morgan fingerprint density at radius 3 is 2.60 bits per heavy atom. The zero-order valence-electron chi connectivity index (χ0n) is 11.5. The van der Waals surface area contributed by atoms with E-state index in [1.54, 1.807) is 25.1 Å². The van der Waals surface area contributed by atoms with Gasteiger partial charge in [-0.15, -0.1) is 0 Å². The van der Waals surface area contributed by atoms with Gasteiger partial charge in [0.05, 0.1) is 5.56 Å². The number of anilines is 1. The SMILES string of the molecule is Cc1ccc(C(=O)Nc2ccccc2C(C)N)c(F)c1. The van der Waals surface area contributed by atoms with Gasteiger partial charge >= 0.3 is 0 Å². The van der Waals surface area contributed by atoms with Crippen LogP contribution >= 0.6 is 0 Å². The standard InChI is InChI=1S/C16H17FN2O/c1-10-7-8-13(14(17)9-10)16(20)19-15-6-4-3-5-12(15)11(2)18/h3-9,11H,18H2,1-2H3,(H,19,20). The van der Waals surface area contributed by atoms with Crippen molar-refractivity contribution in [1.29, 1.82) is 0 Å². The number of benzene rings is 2. The number of halogens is 1. The second-order valence-corrected chi connectivity index (χ2v) is 4.81. The lowest BCUT2D eigenvalue weighted by Gasteiger charge is -2.14. The maximum Gasteiger partial charge on any atom is 0.258 e. The van der Waals surface area contributed by atoms with E-state index >= 15 is 0 Å². The van der Waals surface area contributed by atoms with E-state index in [1.165, 1.54) is 12.1 Å². The highest BCUT2D eigenvalue weighted by molar-refractivity contribution is 6.04. The number of rotatable bonds is 3. The van der Waals surface area contributed by atoms with Crippen LogP contribution in [0.25, 0.3) is 0 Å². The third-order valence-electron chi connectivity index (χ3n) is 3.07. The van der Waals surface area contributed by atoms with Crippen molar-refractivity contribution in [2.75, 3.05) is 5.32 Å². The molecule has 1 atom stereocenters. The average molecular weight is 272 g/mol. The molecular weight excluding hydrogens is 255 g/mol. The van der Waals surface area contributed by atoms with Gasteiger partial charge in [0.2, 0.25) is 0 Å². The summed E-state index contributed by atoms with van der Waals surface area (Å²) in [5, 5.41) is 2.71. The van der Waals surface area contributed by atoms with Crippen molar-refractivity contribution in [3.8, 4) is 0 Å². The summed E-state index contributed by atoms with van der Waals surface area (Å²) in [5.74, 6) is -1.00. The minimum atomic E-state index is -0.527. The van der Waals surface area contributed by atoms with Crippen molar-refractivity contribution in [1.82, 2.24) is 0 Å². The Labute approximate surface area is 117 Å². The van der Waals surface area contributed by atoms with E-state index in [0.717, 1.165) is 11.1 Å². The van der Waals surface area contributed by atoms with Crippen molar-refractivity contribution in [3.05, 3.63) is 65.0 Å². The summed E-state index contributed by atoms with van der Waals surface area (Å²) in [7, 11) is 0. The Morgan fingerprint density at radius 1 is 1.25 bits per heavy atom. The monoisotopic (exact) mass is 272 g/mol. The van der Waals surface area contributed by atoms with Crippen LogP contribution < -0.4 is 11.1 Å². The number of carbonyl (C=O) groups is 1. The van der Waals surface area contributed by atoms with Gasteiger partial charge < -0.3 is 11.1 Å². The van der Waals surface area contributed by atoms with E-state index in [9.17, 15) is 9.18 Å². The summed E-state index contributed by atoms with van der Waals surface area (Å²) in [6, 6.07) is 11.5. The van der Waals surface area contributed by atoms with Crippen LogP contribution in [0.4, 0.5) is 10.1 Å². The second-order valence-electron chi connectivity index (χ2n) is 4.81. The predicted molar refractivity (Wildman–Crippen MR) is 78.1 cm³/mol. The number of aryl methyl sites for hydroxylation is 1. The van der Waals surface area contributed by atoms with Gasteiger partial charge in [0.1, 0.15) is 5.82 Å². The van der Waals surface area contributed by atoms with E-state index in [1.807, 2.05) is 19.1 Å². The molecule has 0 bridgehead atoms. The van der Waals surface area contributed by atoms with Gasteiger partial charge in [0.25, 0.3) is 5.91 Å². The van der Waals surface area contributed by atoms with Crippen LogP contribution in [0, 0.1) is 12.7 Å². The average Bonchev–Trinajstić information content (AvgIpc) is 2.38. The summed E-state index contributed by atoms with van der Waals surface area (Å²) >= 11 is 0. The van der Waals surface area contributed by atoms with Crippen molar-refractivity contribution in [2.45, 2.75) is 19.9 Å². The molecule has 1 amide bonds. The van der Waals surface area contributed by atoms with E-state index < -0.39 is 11.7 Å². The number of carbonyl (C=O) groups excluding carboxylic acids is 1. The number of nitrogens with two attached hydrogens (primary N) is 1. The maximum atomic E-state index is 13.8. The van der Waals surface area contributed by atoms with E-state index in [-0.39, 0.29) is 11.6 Å². The van der Waals surface area contributed by atoms with Crippen LogP contribution in [0.15, 0.2) is 42.5 Å². The van der Waals surface area contributed by atoms with Crippen LogP contribution in [0.1, 0.15) is 34.5 Å². The third-order valence-corrected chi connectivity index (χ3v) is 3.07. The van der Waals surface area contributed by atoms with Crippen molar-refractivity contribution < 1.29 is 9.18 Å². The van der Waals surface area contributed by atoms with Crippen molar-refractivity contribution in [2.24, 2.45) is 5.73 Å². The minimum absolute atomic E-state index is 0.0232. The minimum Gasteiger partial charge on any atom is -0.324 e. The molecule has 0 fully saturated rings. The highest BCUT2D eigenvalue weighted by Crippen LogP contribution is 2.22. The first kappa shape index (κ1) is 14.2. The Morgan fingerprint density at radius 2 is 1.95 bits per heavy atom. The number of para-hydroxylation sites is 1. The topological polar surface area (TPSA) is 55.1 Å².